The first-order chi connectivity index (χ1) is 15.8. The van der Waals surface area contributed by atoms with Crippen molar-refractivity contribution in [2.24, 2.45) is 0 Å². The van der Waals surface area contributed by atoms with Crippen molar-refractivity contribution < 1.29 is 19.1 Å². The number of carbonyl (C=O) groups is 2. The summed E-state index contributed by atoms with van der Waals surface area (Å²) in [7, 11) is 0. The van der Waals surface area contributed by atoms with E-state index in [0.29, 0.717) is 53.9 Å². The Balaban J connectivity index is 1.53. The topological polar surface area (TPSA) is 97.7 Å². The summed E-state index contributed by atoms with van der Waals surface area (Å²) >= 11 is 6.69. The number of carbonyl (C=O) groups excluding carboxylic acids is 2. The van der Waals surface area contributed by atoms with Crippen molar-refractivity contribution in [3.63, 3.8) is 0 Å². The fraction of sp³-hybridized carbons (Fsp3) is 0.273. The monoisotopic (exact) mass is 487 g/mol. The highest BCUT2D eigenvalue weighted by Crippen LogP contribution is 2.26. The molecule has 0 aliphatic carbocycles. The van der Waals surface area contributed by atoms with Gasteiger partial charge in [-0.3, -0.25) is 14.9 Å². The average molecular weight is 488 g/mol. The lowest BCUT2D eigenvalue weighted by Gasteiger charge is -2.37. The number of fused-ring (bicyclic) bond motifs is 1. The van der Waals surface area contributed by atoms with Gasteiger partial charge in [-0.1, -0.05) is 6.07 Å². The van der Waals surface area contributed by atoms with Gasteiger partial charge in [-0.05, 0) is 42.7 Å². The molecule has 33 heavy (non-hydrogen) atoms. The fourth-order valence-electron chi connectivity index (χ4n) is 3.84. The van der Waals surface area contributed by atoms with E-state index in [1.165, 1.54) is 17.5 Å². The summed E-state index contributed by atoms with van der Waals surface area (Å²) in [6.07, 6.45) is 1.23. The van der Waals surface area contributed by atoms with Crippen LogP contribution in [0, 0.1) is 5.82 Å². The van der Waals surface area contributed by atoms with E-state index in [-0.39, 0.29) is 11.3 Å². The van der Waals surface area contributed by atoms with E-state index in [1.54, 1.807) is 29.7 Å². The number of aryl methyl sites for hydroxylation is 1. The first-order valence-electron chi connectivity index (χ1n) is 10.3. The molecule has 0 atom stereocenters. The molecule has 1 N–H and O–H groups in total. The molecule has 4 rings (SSSR count). The number of pyridine rings is 1. The molecule has 1 aromatic carbocycles. The predicted octanol–water partition coefficient (Wildman–Crippen LogP) is 1.42. The lowest BCUT2D eigenvalue weighted by Crippen LogP contribution is -2.52. The van der Waals surface area contributed by atoms with E-state index in [2.05, 4.69) is 5.32 Å². The molecule has 0 bridgehead atoms. The number of amides is 1. The van der Waals surface area contributed by atoms with Crippen LogP contribution in [0.1, 0.15) is 27.0 Å². The number of aromatic nitrogens is 1. The van der Waals surface area contributed by atoms with E-state index in [1.807, 2.05) is 15.2 Å². The highest BCUT2D eigenvalue weighted by atomic mass is 32.1. The molecule has 0 spiro atoms. The number of nitrogens with zero attached hydrogens (tertiary/aromatic N) is 3. The minimum Gasteiger partial charge on any atom is -0.545 e. The Kier molecular flexibility index (Phi) is 6.43. The molecule has 8 nitrogen and oxygen atoms in total. The molecule has 3 heterocycles. The van der Waals surface area contributed by atoms with Gasteiger partial charge in [0.1, 0.15) is 5.82 Å². The van der Waals surface area contributed by atoms with Crippen molar-refractivity contribution in [3.8, 4) is 0 Å². The van der Waals surface area contributed by atoms with E-state index in [0.717, 1.165) is 6.07 Å². The number of hydrogen-bond acceptors (Lipinski definition) is 7. The van der Waals surface area contributed by atoms with Crippen LogP contribution in [0.15, 0.2) is 40.6 Å². The van der Waals surface area contributed by atoms with E-state index >= 15 is 0 Å². The minimum absolute atomic E-state index is 0.00379. The first-order valence-corrected chi connectivity index (χ1v) is 11.6. The van der Waals surface area contributed by atoms with Crippen LogP contribution < -0.4 is 20.8 Å². The lowest BCUT2D eigenvalue weighted by atomic mass is 10.1. The number of benzene rings is 1. The van der Waals surface area contributed by atoms with Crippen LogP contribution in [0.5, 0.6) is 0 Å². The molecule has 1 amide bonds. The Hall–Kier alpha value is -3.31. The zero-order valence-electron chi connectivity index (χ0n) is 17.7. The van der Waals surface area contributed by atoms with Gasteiger partial charge in [0.2, 0.25) is 0 Å². The molecule has 11 heteroatoms. The van der Waals surface area contributed by atoms with Crippen LogP contribution in [0.2, 0.25) is 0 Å². The first kappa shape index (κ1) is 22.9. The number of carboxylic acid groups (broad SMARTS) is 1. The van der Waals surface area contributed by atoms with Gasteiger partial charge >= 0.3 is 0 Å². The maximum Gasteiger partial charge on any atom is 0.267 e. The highest BCUT2D eigenvalue weighted by Gasteiger charge is 2.24. The molecular formula is C22H20FN4O4S2-. The predicted molar refractivity (Wildman–Crippen MR) is 126 cm³/mol. The Morgan fingerprint density at radius 2 is 1.97 bits per heavy atom. The Morgan fingerprint density at radius 3 is 2.58 bits per heavy atom. The van der Waals surface area contributed by atoms with Gasteiger partial charge in [0, 0.05) is 44.3 Å². The standard InChI is InChI=1S/C22H21FN4O4S2/c1-2-25-12-14(21(30)31)19(28)13-10-15(23)17(11-16(13)25)26-5-7-27(8-6-26)22(32)24-20(29)18-4-3-9-33-18/h3-4,9-12H,2,5-8H2,1H3,(H,30,31)(H,24,29,32)/p-1. The number of anilines is 1. The average Bonchev–Trinajstić information content (AvgIpc) is 3.34. The van der Waals surface area contributed by atoms with Crippen LogP contribution in [0.4, 0.5) is 10.1 Å². The van der Waals surface area contributed by atoms with Gasteiger partial charge in [-0.25, -0.2) is 4.39 Å². The maximum atomic E-state index is 15.0. The molecule has 1 aliphatic rings. The zero-order chi connectivity index (χ0) is 23.7. The Morgan fingerprint density at radius 1 is 1.24 bits per heavy atom. The number of aromatic carboxylic acids is 1. The number of halogens is 1. The van der Waals surface area contributed by atoms with Gasteiger partial charge in [0.15, 0.2) is 10.5 Å². The number of rotatable bonds is 4. The second-order valence-corrected chi connectivity index (χ2v) is 8.81. The van der Waals surface area contributed by atoms with Crippen LogP contribution in [-0.4, -0.2) is 52.6 Å². The lowest BCUT2D eigenvalue weighted by molar-refractivity contribution is -0.255. The van der Waals surface area contributed by atoms with Crippen molar-refractivity contribution in [3.05, 3.63) is 62.3 Å². The van der Waals surface area contributed by atoms with Crippen molar-refractivity contribution in [1.82, 2.24) is 14.8 Å². The summed E-state index contributed by atoms with van der Waals surface area (Å²) in [5.41, 5.74) is -0.497. The van der Waals surface area contributed by atoms with Gasteiger partial charge < -0.3 is 24.3 Å². The van der Waals surface area contributed by atoms with Gasteiger partial charge in [-0.2, -0.15) is 0 Å². The largest absolute Gasteiger partial charge is 0.545 e. The summed E-state index contributed by atoms with van der Waals surface area (Å²) in [6, 6.07) is 6.16. The van der Waals surface area contributed by atoms with Crippen LogP contribution in [0.3, 0.4) is 0 Å². The van der Waals surface area contributed by atoms with Crippen LogP contribution in [0.25, 0.3) is 10.9 Å². The van der Waals surface area contributed by atoms with Gasteiger partial charge in [0.25, 0.3) is 5.91 Å². The number of carboxylic acids is 1. The second kappa shape index (κ2) is 9.28. The van der Waals surface area contributed by atoms with Crippen LogP contribution >= 0.6 is 23.6 Å². The second-order valence-electron chi connectivity index (χ2n) is 7.48. The van der Waals surface area contributed by atoms with Crippen molar-refractivity contribution in [1.29, 1.82) is 0 Å². The third-order valence-electron chi connectivity index (χ3n) is 5.58. The number of piperazine rings is 1. The van der Waals surface area contributed by atoms with E-state index < -0.39 is 22.8 Å². The van der Waals surface area contributed by atoms with Crippen molar-refractivity contribution >= 4 is 57.1 Å². The SMILES string of the molecule is CCn1cc(C(=O)[O-])c(=O)c2cc(F)c(N3CCN(C(=S)NC(=O)c4cccs4)CC3)cc21. The normalized spacial score (nSPS) is 13.9. The van der Waals surface area contributed by atoms with E-state index in [4.69, 9.17) is 12.2 Å². The molecule has 1 fully saturated rings. The number of thiocarbonyl (C=S) groups is 1. The molecule has 3 aromatic rings. The summed E-state index contributed by atoms with van der Waals surface area (Å²) in [5, 5.41) is 16.1. The molecule has 0 saturated carbocycles. The Bertz CT molecular complexity index is 1300. The highest BCUT2D eigenvalue weighted by molar-refractivity contribution is 7.80. The van der Waals surface area contributed by atoms with E-state index in [9.17, 15) is 23.9 Å². The number of hydrogen-bond donors (Lipinski definition) is 1. The Labute approximate surface area is 197 Å². The van der Waals surface area contributed by atoms with Gasteiger partial charge in [0.05, 0.1) is 27.6 Å². The van der Waals surface area contributed by atoms with Crippen molar-refractivity contribution in [2.45, 2.75) is 13.5 Å². The quantitative estimate of drug-likeness (QED) is 0.556. The molecule has 0 radical (unpaired) electrons. The fourth-order valence-corrected chi connectivity index (χ4v) is 4.74. The molecule has 1 saturated heterocycles. The summed E-state index contributed by atoms with van der Waals surface area (Å²) < 4.78 is 16.6. The summed E-state index contributed by atoms with van der Waals surface area (Å²) in [4.78, 5) is 40.3. The van der Waals surface area contributed by atoms with Gasteiger partial charge in [-0.15, -0.1) is 11.3 Å². The molecule has 2 aromatic heterocycles. The summed E-state index contributed by atoms with van der Waals surface area (Å²) in [6.45, 7) is 4.05. The third kappa shape index (κ3) is 4.46. The number of nitrogens with one attached hydrogen (secondary N) is 1. The molecule has 1 aliphatic heterocycles. The number of thiophene rings is 1. The van der Waals surface area contributed by atoms with Crippen molar-refractivity contribution in [2.75, 3.05) is 31.1 Å². The third-order valence-corrected chi connectivity index (χ3v) is 6.81. The molecule has 172 valence electrons. The van der Waals surface area contributed by atoms with Crippen LogP contribution in [-0.2, 0) is 6.54 Å². The molecule has 0 unspecified atom stereocenters. The minimum atomic E-state index is -1.59. The maximum absolute atomic E-state index is 15.0. The molecular weight excluding hydrogens is 467 g/mol. The smallest absolute Gasteiger partial charge is 0.267 e. The summed E-state index contributed by atoms with van der Waals surface area (Å²) in [5.74, 6) is -2.46. The zero-order valence-corrected chi connectivity index (χ0v) is 19.3.